The predicted molar refractivity (Wildman–Crippen MR) is 129 cm³/mol. The van der Waals surface area contributed by atoms with E-state index in [9.17, 15) is 19.5 Å². The lowest BCUT2D eigenvalue weighted by atomic mass is 9.97. The fraction of sp³-hybridized carbons (Fsp3) is 0.308. The molecule has 1 heterocycles. The van der Waals surface area contributed by atoms with Crippen LogP contribution in [-0.4, -0.2) is 57.0 Å². The minimum Gasteiger partial charge on any atom is -0.477 e. The third-order valence-electron chi connectivity index (χ3n) is 5.44. The van der Waals surface area contributed by atoms with Crippen LogP contribution in [0.1, 0.15) is 52.7 Å². The number of rotatable bonds is 12. The highest BCUT2D eigenvalue weighted by molar-refractivity contribution is 5.95. The third-order valence-corrected chi connectivity index (χ3v) is 5.44. The lowest BCUT2D eigenvalue weighted by molar-refractivity contribution is -0.154. The number of benzene rings is 2. The number of aromatic nitrogens is 2. The molecule has 0 saturated carbocycles. The van der Waals surface area contributed by atoms with Gasteiger partial charge >= 0.3 is 11.9 Å². The zero-order valence-electron chi connectivity index (χ0n) is 19.4. The van der Waals surface area contributed by atoms with Crippen LogP contribution in [-0.2, 0) is 16.0 Å². The van der Waals surface area contributed by atoms with Gasteiger partial charge in [-0.05, 0) is 29.5 Å². The molecule has 1 aromatic heterocycles. The number of H-pyrrole nitrogens is 1. The molecule has 0 fully saturated rings. The quantitative estimate of drug-likeness (QED) is 0.231. The first-order chi connectivity index (χ1) is 16.9. The Morgan fingerprint density at radius 1 is 1.06 bits per heavy atom. The molecule has 0 aliphatic heterocycles. The Bertz CT molecular complexity index is 1130. The molecule has 2 aromatic carbocycles. The fourth-order valence-corrected chi connectivity index (χ4v) is 3.53. The molecule has 3 aromatic rings. The molecule has 1 amide bonds. The zero-order chi connectivity index (χ0) is 25.2. The van der Waals surface area contributed by atoms with Gasteiger partial charge in [0.15, 0.2) is 11.8 Å². The number of unbranched alkanes of at least 4 members (excludes halogenated alkanes) is 1. The van der Waals surface area contributed by atoms with Gasteiger partial charge in [0, 0.05) is 18.5 Å². The zero-order valence-corrected chi connectivity index (χ0v) is 19.4. The van der Waals surface area contributed by atoms with Gasteiger partial charge in [0.25, 0.3) is 5.91 Å². The van der Waals surface area contributed by atoms with E-state index < -0.39 is 30.0 Å². The number of hydrogen-bond donors (Lipinski definition) is 4. The predicted octanol–water partition coefficient (Wildman–Crippen LogP) is 3.21. The molecule has 0 radical (unpaired) electrons. The molecule has 2 atom stereocenters. The average molecular weight is 480 g/mol. The molecule has 0 saturated heterocycles. The van der Waals surface area contributed by atoms with Gasteiger partial charge in [-0.2, -0.15) is 5.10 Å². The van der Waals surface area contributed by atoms with Gasteiger partial charge in [-0.1, -0.05) is 67.9 Å². The second-order valence-electron chi connectivity index (χ2n) is 8.18. The van der Waals surface area contributed by atoms with Crippen molar-refractivity contribution in [2.45, 2.75) is 44.8 Å². The molecule has 2 unspecified atom stereocenters. The van der Waals surface area contributed by atoms with Crippen LogP contribution in [0.2, 0.25) is 0 Å². The number of carbonyl (C=O) groups excluding carboxylic acids is 2. The Morgan fingerprint density at radius 2 is 1.74 bits per heavy atom. The third kappa shape index (κ3) is 7.51. The van der Waals surface area contributed by atoms with E-state index in [4.69, 9.17) is 9.84 Å². The highest BCUT2D eigenvalue weighted by Gasteiger charge is 2.25. The summed E-state index contributed by atoms with van der Waals surface area (Å²) in [6.07, 6.45) is 0.374. The van der Waals surface area contributed by atoms with Crippen LogP contribution >= 0.6 is 0 Å². The van der Waals surface area contributed by atoms with Crippen LogP contribution < -0.4 is 5.32 Å². The number of carbonyl (C=O) groups is 3. The summed E-state index contributed by atoms with van der Waals surface area (Å²) in [5.74, 6) is -2.60. The van der Waals surface area contributed by atoms with Crippen molar-refractivity contribution in [1.29, 1.82) is 0 Å². The first-order valence-corrected chi connectivity index (χ1v) is 11.5. The highest BCUT2D eigenvalue weighted by Crippen LogP contribution is 2.20. The number of aromatic amines is 1. The number of aromatic carboxylic acids is 1. The van der Waals surface area contributed by atoms with E-state index in [0.29, 0.717) is 12.8 Å². The SMILES string of the molecule is CCCCOC(=O)C(O)CC(Cc1ccc(-c2ccccc2)cc1)NC(=O)c1cc(C(=O)O)[nH]n1. The molecule has 3 rings (SSSR count). The second kappa shape index (κ2) is 12.5. The van der Waals surface area contributed by atoms with E-state index in [2.05, 4.69) is 15.5 Å². The van der Waals surface area contributed by atoms with Crippen LogP contribution in [0, 0.1) is 0 Å². The molecule has 0 spiro atoms. The summed E-state index contributed by atoms with van der Waals surface area (Å²) in [6, 6.07) is 18.1. The summed E-state index contributed by atoms with van der Waals surface area (Å²) in [5.41, 5.74) is 2.67. The van der Waals surface area contributed by atoms with Crippen molar-refractivity contribution in [3.8, 4) is 11.1 Å². The summed E-state index contributed by atoms with van der Waals surface area (Å²) in [4.78, 5) is 35.9. The minimum atomic E-state index is -1.42. The smallest absolute Gasteiger partial charge is 0.353 e. The van der Waals surface area contributed by atoms with Crippen LogP contribution in [0.4, 0.5) is 0 Å². The molecular formula is C26H29N3O6. The highest BCUT2D eigenvalue weighted by atomic mass is 16.5. The van der Waals surface area contributed by atoms with Crippen molar-refractivity contribution in [1.82, 2.24) is 15.5 Å². The number of amides is 1. The van der Waals surface area contributed by atoms with Gasteiger partial charge in [0.05, 0.1) is 6.61 Å². The summed E-state index contributed by atoms with van der Waals surface area (Å²) in [5, 5.41) is 28.2. The number of nitrogens with one attached hydrogen (secondary N) is 2. The summed E-state index contributed by atoms with van der Waals surface area (Å²) < 4.78 is 5.10. The van der Waals surface area contributed by atoms with Crippen molar-refractivity contribution in [2.75, 3.05) is 6.61 Å². The van der Waals surface area contributed by atoms with Crippen LogP contribution in [0.25, 0.3) is 11.1 Å². The average Bonchev–Trinajstić information content (AvgIpc) is 3.36. The van der Waals surface area contributed by atoms with Crippen molar-refractivity contribution in [3.05, 3.63) is 77.6 Å². The molecule has 4 N–H and O–H groups in total. The summed E-state index contributed by atoms with van der Waals surface area (Å²) in [7, 11) is 0. The van der Waals surface area contributed by atoms with Gasteiger partial charge in [0.2, 0.25) is 0 Å². The largest absolute Gasteiger partial charge is 0.477 e. The maximum absolute atomic E-state index is 12.7. The van der Waals surface area contributed by atoms with Crippen LogP contribution in [0.5, 0.6) is 0 Å². The van der Waals surface area contributed by atoms with E-state index in [1.54, 1.807) is 0 Å². The number of nitrogens with zero attached hydrogens (tertiary/aromatic N) is 1. The van der Waals surface area contributed by atoms with E-state index in [-0.39, 0.29) is 24.4 Å². The number of hydrogen-bond acceptors (Lipinski definition) is 6. The van der Waals surface area contributed by atoms with Gasteiger partial charge in [-0.15, -0.1) is 0 Å². The number of esters is 1. The Morgan fingerprint density at radius 3 is 2.37 bits per heavy atom. The molecule has 0 aliphatic carbocycles. The van der Waals surface area contributed by atoms with E-state index in [1.165, 1.54) is 0 Å². The Hall–Kier alpha value is -3.98. The van der Waals surface area contributed by atoms with Gasteiger partial charge < -0.3 is 20.3 Å². The van der Waals surface area contributed by atoms with E-state index in [0.717, 1.165) is 29.2 Å². The van der Waals surface area contributed by atoms with E-state index >= 15 is 0 Å². The maximum Gasteiger partial charge on any atom is 0.353 e. The van der Waals surface area contributed by atoms with Gasteiger partial charge in [-0.25, -0.2) is 9.59 Å². The second-order valence-corrected chi connectivity index (χ2v) is 8.18. The topological polar surface area (TPSA) is 142 Å². The van der Waals surface area contributed by atoms with Crippen molar-refractivity contribution in [2.24, 2.45) is 0 Å². The van der Waals surface area contributed by atoms with Crippen molar-refractivity contribution < 1.29 is 29.3 Å². The summed E-state index contributed by atoms with van der Waals surface area (Å²) in [6.45, 7) is 2.18. The standard InChI is InChI=1S/C26H29N3O6/c1-2-3-13-35-26(34)23(30)15-20(27-24(31)21-16-22(25(32)33)29-28-21)14-17-9-11-19(12-10-17)18-7-5-4-6-8-18/h4-12,16,20,23,30H,2-3,13-15H2,1H3,(H,27,31)(H,28,29)(H,32,33). The molecular weight excluding hydrogens is 450 g/mol. The number of aliphatic hydroxyl groups excluding tert-OH is 1. The number of carboxylic acids is 1. The Labute approximate surface area is 203 Å². The van der Waals surface area contributed by atoms with Gasteiger partial charge in [-0.3, -0.25) is 9.89 Å². The minimum absolute atomic E-state index is 0.0760. The monoisotopic (exact) mass is 479 g/mol. The first-order valence-electron chi connectivity index (χ1n) is 11.5. The van der Waals surface area contributed by atoms with Gasteiger partial charge in [0.1, 0.15) is 5.69 Å². The Balaban J connectivity index is 1.72. The fourth-order valence-electron chi connectivity index (χ4n) is 3.53. The molecule has 0 aliphatic rings. The lowest BCUT2D eigenvalue weighted by Crippen LogP contribution is -2.41. The van der Waals surface area contributed by atoms with E-state index in [1.807, 2.05) is 61.5 Å². The molecule has 0 bridgehead atoms. The lowest BCUT2D eigenvalue weighted by Gasteiger charge is -2.21. The maximum atomic E-state index is 12.7. The molecule has 9 nitrogen and oxygen atoms in total. The molecule has 184 valence electrons. The normalized spacial score (nSPS) is 12.5. The molecule has 9 heteroatoms. The molecule has 35 heavy (non-hydrogen) atoms. The summed E-state index contributed by atoms with van der Waals surface area (Å²) >= 11 is 0. The van der Waals surface area contributed by atoms with Crippen molar-refractivity contribution >= 4 is 17.8 Å². The van der Waals surface area contributed by atoms with Crippen LogP contribution in [0.15, 0.2) is 60.7 Å². The number of aliphatic hydroxyl groups is 1. The number of carboxylic acid groups (broad SMARTS) is 1. The Kier molecular flexibility index (Phi) is 9.14. The van der Waals surface area contributed by atoms with Crippen molar-refractivity contribution in [3.63, 3.8) is 0 Å². The number of ether oxygens (including phenoxy) is 1. The van der Waals surface area contributed by atoms with Crippen LogP contribution in [0.3, 0.4) is 0 Å². The first kappa shape index (κ1) is 25.6.